The predicted octanol–water partition coefficient (Wildman–Crippen LogP) is 2.14. The Kier molecular flexibility index (Phi) is 4.30. The molecule has 0 bridgehead atoms. The van der Waals surface area contributed by atoms with Crippen LogP contribution in [-0.4, -0.2) is 18.8 Å². The summed E-state index contributed by atoms with van der Waals surface area (Å²) in [6, 6.07) is 10.1. The molecule has 15 heavy (non-hydrogen) atoms. The van der Waals surface area contributed by atoms with E-state index in [0.29, 0.717) is 5.92 Å². The molecule has 0 saturated carbocycles. The van der Waals surface area contributed by atoms with Gasteiger partial charge in [-0.2, -0.15) is 0 Å². The summed E-state index contributed by atoms with van der Waals surface area (Å²) in [6.45, 7) is 4.47. The van der Waals surface area contributed by atoms with Crippen molar-refractivity contribution >= 4 is 0 Å². The first-order valence-corrected chi connectivity index (χ1v) is 5.50. The molecule has 1 unspecified atom stereocenters. The van der Waals surface area contributed by atoms with Gasteiger partial charge >= 0.3 is 0 Å². The molecule has 0 aliphatic heterocycles. The highest BCUT2D eigenvalue weighted by Gasteiger charge is 2.30. The van der Waals surface area contributed by atoms with Crippen molar-refractivity contribution in [2.45, 2.75) is 25.8 Å². The average molecular weight is 207 g/mol. The van der Waals surface area contributed by atoms with Gasteiger partial charge in [0, 0.05) is 0 Å². The number of nitrogens with one attached hydrogen (secondary N) is 1. The third-order valence-corrected chi connectivity index (χ3v) is 2.83. The van der Waals surface area contributed by atoms with Gasteiger partial charge < -0.3 is 10.4 Å². The lowest BCUT2D eigenvalue weighted by Crippen LogP contribution is -2.44. The third-order valence-electron chi connectivity index (χ3n) is 2.83. The van der Waals surface area contributed by atoms with Gasteiger partial charge in [-0.1, -0.05) is 44.2 Å². The van der Waals surface area contributed by atoms with Crippen LogP contribution in [-0.2, 0) is 5.54 Å². The zero-order chi connectivity index (χ0) is 11.3. The van der Waals surface area contributed by atoms with E-state index in [9.17, 15) is 5.11 Å². The summed E-state index contributed by atoms with van der Waals surface area (Å²) in [5, 5.41) is 12.9. The Balaban J connectivity index is 3.00. The number of hydrogen-bond acceptors (Lipinski definition) is 2. The molecular weight excluding hydrogens is 186 g/mol. The number of aliphatic hydroxyl groups excluding tert-OH is 1. The van der Waals surface area contributed by atoms with Gasteiger partial charge in [0.1, 0.15) is 0 Å². The van der Waals surface area contributed by atoms with Crippen molar-refractivity contribution in [3.8, 4) is 0 Å². The van der Waals surface area contributed by atoms with Crippen LogP contribution in [0.1, 0.15) is 25.8 Å². The molecule has 2 heteroatoms. The second-order valence-corrected chi connectivity index (χ2v) is 4.45. The molecule has 0 amide bonds. The molecular formula is C13H21NO. The zero-order valence-corrected chi connectivity index (χ0v) is 9.83. The van der Waals surface area contributed by atoms with Gasteiger partial charge in [0.15, 0.2) is 0 Å². The smallest absolute Gasteiger partial charge is 0.0669 e. The van der Waals surface area contributed by atoms with E-state index in [0.717, 1.165) is 12.0 Å². The lowest BCUT2D eigenvalue weighted by Gasteiger charge is -2.34. The van der Waals surface area contributed by atoms with Crippen molar-refractivity contribution in [2.24, 2.45) is 5.92 Å². The highest BCUT2D eigenvalue weighted by atomic mass is 16.3. The summed E-state index contributed by atoms with van der Waals surface area (Å²) in [7, 11) is 1.91. The lowest BCUT2D eigenvalue weighted by molar-refractivity contribution is 0.145. The molecule has 0 saturated heterocycles. The fraction of sp³-hybridized carbons (Fsp3) is 0.538. The molecule has 2 N–H and O–H groups in total. The van der Waals surface area contributed by atoms with Crippen molar-refractivity contribution in [1.82, 2.24) is 5.32 Å². The van der Waals surface area contributed by atoms with E-state index in [1.54, 1.807) is 0 Å². The van der Waals surface area contributed by atoms with Crippen LogP contribution >= 0.6 is 0 Å². The summed E-state index contributed by atoms with van der Waals surface area (Å²) >= 11 is 0. The molecule has 1 atom stereocenters. The summed E-state index contributed by atoms with van der Waals surface area (Å²) in [4.78, 5) is 0. The highest BCUT2D eigenvalue weighted by molar-refractivity contribution is 5.24. The van der Waals surface area contributed by atoms with Crippen LogP contribution < -0.4 is 5.32 Å². The van der Waals surface area contributed by atoms with E-state index in [-0.39, 0.29) is 12.1 Å². The van der Waals surface area contributed by atoms with Gasteiger partial charge in [0.2, 0.25) is 0 Å². The van der Waals surface area contributed by atoms with Crippen molar-refractivity contribution < 1.29 is 5.11 Å². The molecule has 0 heterocycles. The molecule has 1 aromatic rings. The second-order valence-electron chi connectivity index (χ2n) is 4.45. The summed E-state index contributed by atoms with van der Waals surface area (Å²) in [5.74, 6) is 0.546. The average Bonchev–Trinajstić information content (AvgIpc) is 2.27. The van der Waals surface area contributed by atoms with Crippen molar-refractivity contribution in [1.29, 1.82) is 0 Å². The predicted molar refractivity (Wildman–Crippen MR) is 63.7 cm³/mol. The van der Waals surface area contributed by atoms with Crippen LogP contribution in [0, 0.1) is 5.92 Å². The summed E-state index contributed by atoms with van der Waals surface area (Å²) in [5.41, 5.74) is 0.860. The molecule has 84 valence electrons. The van der Waals surface area contributed by atoms with Crippen LogP contribution in [0.25, 0.3) is 0 Å². The van der Waals surface area contributed by atoms with Gasteiger partial charge in [-0.3, -0.25) is 0 Å². The second kappa shape index (κ2) is 5.29. The van der Waals surface area contributed by atoms with E-state index in [1.807, 2.05) is 25.2 Å². The molecule has 1 aromatic carbocycles. The number of aliphatic hydroxyl groups is 1. The fourth-order valence-electron chi connectivity index (χ4n) is 2.05. The molecule has 0 radical (unpaired) electrons. The maximum absolute atomic E-state index is 9.62. The monoisotopic (exact) mass is 207 g/mol. The molecule has 0 aliphatic rings. The zero-order valence-electron chi connectivity index (χ0n) is 9.83. The Hall–Kier alpha value is -0.860. The molecule has 0 aliphatic carbocycles. The molecule has 2 nitrogen and oxygen atoms in total. The van der Waals surface area contributed by atoms with Crippen molar-refractivity contribution in [3.05, 3.63) is 35.9 Å². The number of likely N-dealkylation sites (N-methyl/N-ethyl adjacent to an activating group) is 1. The minimum atomic E-state index is -0.296. The fourth-order valence-corrected chi connectivity index (χ4v) is 2.05. The Bertz CT molecular complexity index is 278. The van der Waals surface area contributed by atoms with Crippen LogP contribution in [0.15, 0.2) is 30.3 Å². The normalized spacial score (nSPS) is 15.3. The van der Waals surface area contributed by atoms with Gasteiger partial charge in [0.25, 0.3) is 0 Å². The minimum absolute atomic E-state index is 0.131. The Morgan fingerprint density at radius 1 is 1.27 bits per heavy atom. The third kappa shape index (κ3) is 2.80. The molecule has 0 fully saturated rings. The van der Waals surface area contributed by atoms with Gasteiger partial charge in [-0.05, 0) is 24.9 Å². The van der Waals surface area contributed by atoms with E-state index in [2.05, 4.69) is 31.3 Å². The standard InChI is InChI=1S/C13H21NO/c1-11(2)9-13(10-15,14-3)12-7-5-4-6-8-12/h4-8,11,14-15H,9-10H2,1-3H3. The van der Waals surface area contributed by atoms with Crippen molar-refractivity contribution in [2.75, 3.05) is 13.7 Å². The van der Waals surface area contributed by atoms with Crippen LogP contribution in [0.5, 0.6) is 0 Å². The van der Waals surface area contributed by atoms with Crippen LogP contribution in [0.2, 0.25) is 0 Å². The largest absolute Gasteiger partial charge is 0.394 e. The van der Waals surface area contributed by atoms with Crippen LogP contribution in [0.3, 0.4) is 0 Å². The number of benzene rings is 1. The van der Waals surface area contributed by atoms with Crippen molar-refractivity contribution in [3.63, 3.8) is 0 Å². The molecule has 0 aromatic heterocycles. The first-order chi connectivity index (χ1) is 7.14. The quantitative estimate of drug-likeness (QED) is 0.775. The molecule has 0 spiro atoms. The highest BCUT2D eigenvalue weighted by Crippen LogP contribution is 2.27. The van der Waals surface area contributed by atoms with E-state index >= 15 is 0 Å². The van der Waals surface area contributed by atoms with Gasteiger partial charge in [0.05, 0.1) is 12.1 Å². The lowest BCUT2D eigenvalue weighted by atomic mass is 9.83. The topological polar surface area (TPSA) is 32.3 Å². The Labute approximate surface area is 92.3 Å². The maximum atomic E-state index is 9.62. The first-order valence-electron chi connectivity index (χ1n) is 5.50. The van der Waals surface area contributed by atoms with E-state index in [4.69, 9.17) is 0 Å². The first kappa shape index (κ1) is 12.2. The summed E-state index contributed by atoms with van der Waals surface area (Å²) in [6.07, 6.45) is 0.935. The Morgan fingerprint density at radius 2 is 1.87 bits per heavy atom. The van der Waals surface area contributed by atoms with E-state index in [1.165, 1.54) is 0 Å². The molecule has 1 rings (SSSR count). The Morgan fingerprint density at radius 3 is 2.27 bits per heavy atom. The van der Waals surface area contributed by atoms with Gasteiger partial charge in [-0.15, -0.1) is 0 Å². The van der Waals surface area contributed by atoms with E-state index < -0.39 is 0 Å². The van der Waals surface area contributed by atoms with Gasteiger partial charge in [-0.25, -0.2) is 0 Å². The maximum Gasteiger partial charge on any atom is 0.0669 e. The minimum Gasteiger partial charge on any atom is -0.394 e. The summed E-state index contributed by atoms with van der Waals surface area (Å²) < 4.78 is 0. The number of hydrogen-bond donors (Lipinski definition) is 2. The number of rotatable bonds is 5. The van der Waals surface area contributed by atoms with Crippen LogP contribution in [0.4, 0.5) is 0 Å². The SMILES string of the molecule is CNC(CO)(CC(C)C)c1ccccc1.